The molecule has 0 aliphatic heterocycles. The van der Waals surface area contributed by atoms with E-state index < -0.39 is 0 Å². The molecule has 2 amide bonds. The summed E-state index contributed by atoms with van der Waals surface area (Å²) >= 11 is 26.9. The number of aromatic nitrogens is 2. The molecule has 8 nitrogen and oxygen atoms in total. The number of para-hydroxylation sites is 2. The van der Waals surface area contributed by atoms with Gasteiger partial charge in [0, 0.05) is 42.6 Å². The predicted octanol–water partition coefficient (Wildman–Crippen LogP) is 13.4. The summed E-state index contributed by atoms with van der Waals surface area (Å²) in [5.41, 5.74) is 12.0. The molecule has 0 unspecified atom stereocenters. The van der Waals surface area contributed by atoms with Gasteiger partial charge in [-0.3, -0.25) is 0 Å². The summed E-state index contributed by atoms with van der Waals surface area (Å²) in [6.45, 7) is 0. The summed E-state index contributed by atoms with van der Waals surface area (Å²) in [4.78, 5) is 34.8. The first kappa shape index (κ1) is 38.4. The molecule has 8 rings (SSSR count). The van der Waals surface area contributed by atoms with Crippen LogP contribution in [0.2, 0.25) is 20.1 Å². The van der Waals surface area contributed by atoms with Gasteiger partial charge in [-0.2, -0.15) is 4.99 Å². The third kappa shape index (κ3) is 10.2. The highest BCUT2D eigenvalue weighted by atomic mass is 35.5. The van der Waals surface area contributed by atoms with E-state index in [9.17, 15) is 9.59 Å². The maximum absolute atomic E-state index is 12.4. The lowest BCUT2D eigenvalue weighted by Gasteiger charge is -2.11. The first-order chi connectivity index (χ1) is 26.1. The summed E-state index contributed by atoms with van der Waals surface area (Å²) in [6, 6.07) is 40.0. The van der Waals surface area contributed by atoms with Crippen LogP contribution in [0.3, 0.4) is 0 Å². The van der Waals surface area contributed by atoms with Crippen molar-refractivity contribution in [1.29, 1.82) is 0 Å². The van der Waals surface area contributed by atoms with E-state index in [0.29, 0.717) is 42.8 Å². The Bertz CT molecular complexity index is 2580. The van der Waals surface area contributed by atoms with Crippen LogP contribution in [-0.2, 0) is 4.79 Å². The molecule has 54 heavy (non-hydrogen) atoms. The van der Waals surface area contributed by atoms with Crippen molar-refractivity contribution in [3.8, 4) is 21.1 Å². The molecular formula is C40H26Cl4N6O2S2. The van der Waals surface area contributed by atoms with E-state index in [2.05, 4.69) is 31.7 Å². The van der Waals surface area contributed by atoms with Crippen molar-refractivity contribution < 1.29 is 9.59 Å². The predicted molar refractivity (Wildman–Crippen MR) is 228 cm³/mol. The number of hydrogen-bond acceptors (Lipinski definition) is 8. The van der Waals surface area contributed by atoms with E-state index in [-0.39, 0.29) is 6.03 Å². The van der Waals surface area contributed by atoms with Gasteiger partial charge in [-0.05, 0) is 97.1 Å². The van der Waals surface area contributed by atoms with E-state index >= 15 is 0 Å². The van der Waals surface area contributed by atoms with Crippen molar-refractivity contribution >= 4 is 124 Å². The highest BCUT2D eigenvalue weighted by molar-refractivity contribution is 7.22. The minimum atomic E-state index is -0.373. The molecule has 0 saturated heterocycles. The largest absolute Gasteiger partial charge is 0.398 e. The Morgan fingerprint density at radius 3 is 1.78 bits per heavy atom. The number of nitrogens with one attached hydrogen (secondary N) is 2. The van der Waals surface area contributed by atoms with Crippen LogP contribution in [0.5, 0.6) is 0 Å². The number of rotatable bonds is 5. The lowest BCUT2D eigenvalue weighted by Crippen LogP contribution is -2.19. The number of halogens is 4. The number of nitrogens with two attached hydrogens (primary N) is 1. The number of amides is 2. The average Bonchev–Trinajstić information content (AvgIpc) is 3.79. The lowest BCUT2D eigenvalue weighted by molar-refractivity contribution is 0.262. The van der Waals surface area contributed by atoms with Crippen molar-refractivity contribution in [3.63, 3.8) is 0 Å². The first-order valence-corrected chi connectivity index (χ1v) is 19.0. The molecule has 0 aliphatic rings. The van der Waals surface area contributed by atoms with Gasteiger partial charge in [-0.1, -0.05) is 82.8 Å². The molecule has 2 heterocycles. The summed E-state index contributed by atoms with van der Waals surface area (Å²) in [7, 11) is 0. The quantitative estimate of drug-likeness (QED) is 0.0906. The molecular weight excluding hydrogens is 802 g/mol. The normalized spacial score (nSPS) is 10.4. The molecule has 0 bridgehead atoms. The second kappa shape index (κ2) is 18.2. The number of carbonyl (C=O) groups excluding carboxylic acids is 2. The highest BCUT2D eigenvalue weighted by Gasteiger charge is 2.14. The SMILES string of the molecule is Nc1ccc(Cl)cc1-c1nc2ccccc2s1.O=C(Nc1cccc(Cl)c1)Nc1ccc(Cl)cc1-c1nc2ccccc2s1.O=C=Nc1cccc(Cl)c1. The number of isocyanates is 1. The molecule has 0 spiro atoms. The Morgan fingerprint density at radius 1 is 0.611 bits per heavy atom. The minimum Gasteiger partial charge on any atom is -0.398 e. The number of anilines is 3. The summed E-state index contributed by atoms with van der Waals surface area (Å²) < 4.78 is 2.23. The number of carbonyl (C=O) groups is 1. The van der Waals surface area contributed by atoms with E-state index in [1.54, 1.807) is 95.5 Å². The van der Waals surface area contributed by atoms with Crippen LogP contribution in [-0.4, -0.2) is 22.1 Å². The van der Waals surface area contributed by atoms with E-state index in [1.165, 1.54) is 6.08 Å². The number of urea groups is 1. The molecule has 0 saturated carbocycles. The topological polar surface area (TPSA) is 122 Å². The second-order valence-corrected chi connectivity index (χ2v) is 15.0. The second-order valence-electron chi connectivity index (χ2n) is 11.2. The molecule has 2 aromatic heterocycles. The number of benzene rings is 6. The fourth-order valence-corrected chi connectivity index (χ4v) is 7.66. The monoisotopic (exact) mass is 826 g/mol. The Labute approximate surface area is 337 Å². The van der Waals surface area contributed by atoms with Crippen LogP contribution in [0.4, 0.5) is 27.5 Å². The molecule has 268 valence electrons. The van der Waals surface area contributed by atoms with Crippen LogP contribution in [0.15, 0.2) is 138 Å². The lowest BCUT2D eigenvalue weighted by atomic mass is 10.2. The standard InChI is InChI=1S/C20H13Cl2N3OS.C13H9ClN2S.C7H4ClNO/c21-12-4-3-5-14(10-12)23-20(26)25-16-9-8-13(22)11-15(16)19-24-17-6-1-2-7-18(17)27-19;14-8-5-6-10(15)9(7-8)13-16-11-3-1-2-4-12(11)17-13;8-6-2-1-3-7(4-6)9-5-10/h1-11H,(H2,23,25,26);1-7H,15H2;1-4H. The third-order valence-corrected chi connectivity index (χ3v) is 10.4. The van der Waals surface area contributed by atoms with Gasteiger partial charge in [-0.25, -0.2) is 19.6 Å². The summed E-state index contributed by atoms with van der Waals surface area (Å²) in [5.74, 6) is 0. The van der Waals surface area contributed by atoms with E-state index in [4.69, 9.17) is 52.1 Å². The zero-order valence-corrected chi connectivity index (χ0v) is 32.4. The smallest absolute Gasteiger partial charge is 0.323 e. The van der Waals surface area contributed by atoms with Gasteiger partial charge in [-0.15, -0.1) is 22.7 Å². The molecule has 8 aromatic rings. The van der Waals surface area contributed by atoms with Crippen molar-refractivity contribution in [1.82, 2.24) is 9.97 Å². The van der Waals surface area contributed by atoms with Gasteiger partial charge < -0.3 is 16.4 Å². The third-order valence-electron chi connectivity index (χ3n) is 7.36. The number of thiazole rings is 2. The Hall–Kier alpha value is -5.29. The van der Waals surface area contributed by atoms with Crippen LogP contribution in [0.1, 0.15) is 0 Å². The maximum Gasteiger partial charge on any atom is 0.323 e. The van der Waals surface area contributed by atoms with Gasteiger partial charge in [0.2, 0.25) is 6.08 Å². The van der Waals surface area contributed by atoms with Gasteiger partial charge in [0.1, 0.15) is 10.0 Å². The number of nitrogen functional groups attached to an aromatic ring is 1. The molecule has 0 radical (unpaired) electrons. The Kier molecular flexibility index (Phi) is 12.9. The average molecular weight is 829 g/mol. The number of fused-ring (bicyclic) bond motifs is 2. The highest BCUT2D eigenvalue weighted by Crippen LogP contribution is 2.37. The van der Waals surface area contributed by atoms with Gasteiger partial charge >= 0.3 is 6.03 Å². The zero-order chi connectivity index (χ0) is 38.0. The van der Waals surface area contributed by atoms with Gasteiger partial charge in [0.25, 0.3) is 0 Å². The van der Waals surface area contributed by atoms with Crippen molar-refractivity contribution in [3.05, 3.63) is 154 Å². The summed E-state index contributed by atoms with van der Waals surface area (Å²) in [5, 5.41) is 9.69. The molecule has 6 aromatic carbocycles. The van der Waals surface area contributed by atoms with Crippen LogP contribution >= 0.6 is 69.1 Å². The van der Waals surface area contributed by atoms with Crippen molar-refractivity contribution in [2.45, 2.75) is 0 Å². The number of nitrogens with zero attached hydrogens (tertiary/aromatic N) is 3. The Morgan fingerprint density at radius 2 is 1.17 bits per heavy atom. The van der Waals surface area contributed by atoms with Crippen molar-refractivity contribution in [2.75, 3.05) is 16.4 Å². The van der Waals surface area contributed by atoms with E-state index in [1.807, 2.05) is 54.6 Å². The van der Waals surface area contributed by atoms with E-state index in [0.717, 1.165) is 41.6 Å². The van der Waals surface area contributed by atoms with Crippen LogP contribution in [0.25, 0.3) is 41.6 Å². The number of hydrogen-bond donors (Lipinski definition) is 3. The molecule has 4 N–H and O–H groups in total. The van der Waals surface area contributed by atoms with Gasteiger partial charge in [0.05, 0.1) is 31.8 Å². The maximum atomic E-state index is 12.4. The fraction of sp³-hybridized carbons (Fsp3) is 0. The summed E-state index contributed by atoms with van der Waals surface area (Å²) in [6.07, 6.45) is 1.43. The molecule has 14 heteroatoms. The molecule has 0 aliphatic carbocycles. The van der Waals surface area contributed by atoms with Gasteiger partial charge in [0.15, 0.2) is 0 Å². The fourth-order valence-electron chi connectivity index (χ4n) is 4.94. The van der Waals surface area contributed by atoms with Crippen LogP contribution < -0.4 is 16.4 Å². The first-order valence-electron chi connectivity index (χ1n) is 15.9. The Balaban J connectivity index is 0.000000156. The molecule has 0 fully saturated rings. The number of aliphatic imine (C=N–C) groups is 1. The van der Waals surface area contributed by atoms with Crippen molar-refractivity contribution in [2.24, 2.45) is 4.99 Å². The van der Waals surface area contributed by atoms with Crippen LogP contribution in [0, 0.1) is 0 Å². The minimum absolute atomic E-state index is 0.373. The molecule has 0 atom stereocenters. The zero-order valence-electron chi connectivity index (χ0n) is 27.8.